The Labute approximate surface area is 63.5 Å². The van der Waals surface area contributed by atoms with E-state index in [1.54, 1.807) is 0 Å². The van der Waals surface area contributed by atoms with Gasteiger partial charge in [-0.15, -0.1) is 0 Å². The molecule has 0 heterocycles. The Bertz CT molecular complexity index is 207. The number of hydrogen-bond donors (Lipinski definition) is 2. The first-order valence-electron chi connectivity index (χ1n) is 2.65. The second kappa shape index (κ2) is 4.27. The molecule has 0 aromatic carbocycles. The minimum Gasteiger partial charge on any atom is -0.394 e. The van der Waals surface area contributed by atoms with Gasteiger partial charge in [0.15, 0.2) is 0 Å². The number of aliphatic hydroxyl groups is 2. The molecular weight excluding hydrogens is 176 g/mol. The van der Waals surface area contributed by atoms with Crippen LogP contribution in [0.3, 0.4) is 0 Å². The quantitative estimate of drug-likeness (QED) is 0.373. The Kier molecular flexibility index (Phi) is 4.01. The Morgan fingerprint density at radius 1 is 1.55 bits per heavy atom. The third-order valence-corrected chi connectivity index (χ3v) is 1.96. The van der Waals surface area contributed by atoms with E-state index in [-0.39, 0.29) is 6.47 Å². The van der Waals surface area contributed by atoms with E-state index in [0.29, 0.717) is 0 Å². The van der Waals surface area contributed by atoms with E-state index in [1.165, 1.54) is 0 Å². The van der Waals surface area contributed by atoms with Gasteiger partial charge in [-0.1, -0.05) is 0 Å². The van der Waals surface area contributed by atoms with E-state index < -0.39 is 28.6 Å². The number of carbonyl (C=O) groups excluding carboxylic acids is 1. The van der Waals surface area contributed by atoms with E-state index in [0.717, 1.165) is 0 Å². The molecule has 0 bridgehead atoms. The lowest BCUT2D eigenvalue weighted by Crippen LogP contribution is -2.25. The van der Waals surface area contributed by atoms with Crippen LogP contribution in [-0.2, 0) is 19.1 Å². The third kappa shape index (κ3) is 4.71. The zero-order valence-corrected chi connectivity index (χ0v) is 6.32. The van der Waals surface area contributed by atoms with E-state index in [1.807, 2.05) is 0 Å². The number of carbonyl (C=O) groups is 1. The van der Waals surface area contributed by atoms with Gasteiger partial charge < -0.3 is 14.4 Å². The van der Waals surface area contributed by atoms with Gasteiger partial charge in [-0.05, 0) is 0 Å². The lowest BCUT2D eigenvalue weighted by molar-refractivity contribution is -0.120. The minimum atomic E-state index is -4.02. The van der Waals surface area contributed by atoms with Crippen molar-refractivity contribution in [3.05, 3.63) is 0 Å². The highest BCUT2D eigenvalue weighted by Crippen LogP contribution is 1.94. The highest BCUT2D eigenvalue weighted by molar-refractivity contribution is 7.87. The summed E-state index contributed by atoms with van der Waals surface area (Å²) < 4.78 is 24.6. The molecule has 0 radical (unpaired) electrons. The van der Waals surface area contributed by atoms with Crippen molar-refractivity contribution < 1.29 is 27.6 Å². The van der Waals surface area contributed by atoms with Gasteiger partial charge >= 0.3 is 16.6 Å². The molecule has 0 aromatic heterocycles. The van der Waals surface area contributed by atoms with Crippen LogP contribution in [0.25, 0.3) is 0 Å². The van der Waals surface area contributed by atoms with Gasteiger partial charge in [0, 0.05) is 0 Å². The normalized spacial score (nSPS) is 14.0. The van der Waals surface area contributed by atoms with E-state index in [2.05, 4.69) is 4.18 Å². The van der Waals surface area contributed by atoms with Crippen molar-refractivity contribution in [1.29, 1.82) is 0 Å². The first-order valence-corrected chi connectivity index (χ1v) is 4.23. The predicted octanol–water partition coefficient (Wildman–Crippen LogP) is -2.16. The summed E-state index contributed by atoms with van der Waals surface area (Å²) in [6.45, 7) is -0.944. The minimum absolute atomic E-state index is 0.251. The number of aliphatic hydroxyl groups excluding tert-OH is 2. The zero-order valence-electron chi connectivity index (χ0n) is 5.50. The Hall–Kier alpha value is -0.660. The number of hydrogen-bond acceptors (Lipinski definition) is 6. The fourth-order valence-corrected chi connectivity index (χ4v) is 1.16. The standard InChI is InChI=1S/C4H8O6S/c5-1-4(7)2-11(8,9)10-3-6/h3-5,7H,1-2H2. The second-order valence-electron chi connectivity index (χ2n) is 1.75. The average Bonchev–Trinajstić information content (AvgIpc) is 1.86. The predicted molar refractivity (Wildman–Crippen MR) is 34.0 cm³/mol. The van der Waals surface area contributed by atoms with Crippen LogP contribution in [0.1, 0.15) is 0 Å². The summed E-state index contributed by atoms with van der Waals surface area (Å²) in [4.78, 5) is 9.54. The topological polar surface area (TPSA) is 101 Å². The molecule has 1 unspecified atom stereocenters. The summed E-state index contributed by atoms with van der Waals surface area (Å²) >= 11 is 0. The van der Waals surface area contributed by atoms with Crippen LogP contribution in [0.2, 0.25) is 0 Å². The molecule has 0 fully saturated rings. The van der Waals surface area contributed by atoms with Crippen LogP contribution < -0.4 is 0 Å². The van der Waals surface area contributed by atoms with E-state index in [4.69, 9.17) is 10.2 Å². The molecule has 0 aromatic rings. The summed E-state index contributed by atoms with van der Waals surface area (Å²) in [7, 11) is -4.02. The summed E-state index contributed by atoms with van der Waals surface area (Å²) in [5.41, 5.74) is 0. The van der Waals surface area contributed by atoms with E-state index >= 15 is 0 Å². The van der Waals surface area contributed by atoms with Crippen molar-refractivity contribution in [3.8, 4) is 0 Å². The molecule has 0 aliphatic carbocycles. The van der Waals surface area contributed by atoms with Crippen molar-refractivity contribution in [2.45, 2.75) is 6.10 Å². The third-order valence-electron chi connectivity index (χ3n) is 0.793. The van der Waals surface area contributed by atoms with Crippen LogP contribution in [0.5, 0.6) is 0 Å². The lowest BCUT2D eigenvalue weighted by atomic mass is 10.4. The van der Waals surface area contributed by atoms with Crippen molar-refractivity contribution in [2.75, 3.05) is 12.4 Å². The SMILES string of the molecule is O=COS(=O)(=O)CC(O)CO. The molecular formula is C4H8O6S. The highest BCUT2D eigenvalue weighted by atomic mass is 32.2. The monoisotopic (exact) mass is 184 g/mol. The molecule has 11 heavy (non-hydrogen) atoms. The van der Waals surface area contributed by atoms with Crippen LogP contribution in [0.15, 0.2) is 0 Å². The summed E-state index contributed by atoms with van der Waals surface area (Å²) in [6.07, 6.45) is -1.42. The zero-order chi connectivity index (χ0) is 8.91. The highest BCUT2D eigenvalue weighted by Gasteiger charge is 2.16. The smallest absolute Gasteiger partial charge is 0.314 e. The van der Waals surface area contributed by atoms with Gasteiger partial charge in [-0.25, -0.2) is 0 Å². The fourth-order valence-electron chi connectivity index (χ4n) is 0.387. The van der Waals surface area contributed by atoms with E-state index in [9.17, 15) is 13.2 Å². The molecule has 6 nitrogen and oxygen atoms in total. The first kappa shape index (κ1) is 10.3. The molecule has 7 heteroatoms. The van der Waals surface area contributed by atoms with Gasteiger partial charge in [0.05, 0.1) is 12.7 Å². The van der Waals surface area contributed by atoms with Gasteiger partial charge in [0.25, 0.3) is 0 Å². The van der Waals surface area contributed by atoms with Crippen molar-refractivity contribution >= 4 is 16.6 Å². The van der Waals surface area contributed by atoms with Crippen molar-refractivity contribution in [2.24, 2.45) is 0 Å². The van der Waals surface area contributed by atoms with Gasteiger partial charge in [-0.3, -0.25) is 4.79 Å². The molecule has 0 aliphatic rings. The second-order valence-corrected chi connectivity index (χ2v) is 3.39. The van der Waals surface area contributed by atoms with Gasteiger partial charge in [0.2, 0.25) is 0 Å². The van der Waals surface area contributed by atoms with Gasteiger partial charge in [-0.2, -0.15) is 8.42 Å². The molecule has 1 atom stereocenters. The maximum Gasteiger partial charge on any atom is 0.314 e. The lowest BCUT2D eigenvalue weighted by Gasteiger charge is -2.04. The number of rotatable bonds is 5. The Morgan fingerprint density at radius 3 is 2.45 bits per heavy atom. The molecule has 0 aliphatic heterocycles. The molecule has 66 valence electrons. The largest absolute Gasteiger partial charge is 0.394 e. The summed E-state index contributed by atoms with van der Waals surface area (Å²) in [5.74, 6) is -0.789. The molecule has 0 saturated carbocycles. The van der Waals surface area contributed by atoms with Crippen LogP contribution in [-0.4, -0.2) is 43.6 Å². The first-order chi connectivity index (χ1) is 5.02. The Balaban J connectivity index is 4.02. The molecule has 0 spiro atoms. The van der Waals surface area contributed by atoms with Crippen molar-refractivity contribution in [3.63, 3.8) is 0 Å². The van der Waals surface area contributed by atoms with Crippen LogP contribution >= 0.6 is 0 Å². The van der Waals surface area contributed by atoms with Crippen LogP contribution in [0, 0.1) is 0 Å². The Morgan fingerprint density at radius 2 is 2.09 bits per heavy atom. The van der Waals surface area contributed by atoms with Crippen LogP contribution in [0.4, 0.5) is 0 Å². The molecule has 2 N–H and O–H groups in total. The van der Waals surface area contributed by atoms with Gasteiger partial charge in [0.1, 0.15) is 5.75 Å². The molecule has 0 saturated heterocycles. The van der Waals surface area contributed by atoms with Crippen molar-refractivity contribution in [1.82, 2.24) is 0 Å². The molecule has 0 amide bonds. The summed E-state index contributed by atoms with van der Waals surface area (Å²) in [5, 5.41) is 16.8. The fraction of sp³-hybridized carbons (Fsp3) is 0.750. The summed E-state index contributed by atoms with van der Waals surface area (Å²) in [6, 6.07) is 0. The maximum atomic E-state index is 10.5. The maximum absolute atomic E-state index is 10.5. The average molecular weight is 184 g/mol. The molecule has 0 rings (SSSR count).